The summed E-state index contributed by atoms with van der Waals surface area (Å²) in [5.41, 5.74) is 2.34. The van der Waals surface area contributed by atoms with Gasteiger partial charge in [-0.3, -0.25) is 9.69 Å². The number of hydrogen-bond donors (Lipinski definition) is 1. The Bertz CT molecular complexity index is 766. The van der Waals surface area contributed by atoms with Crippen molar-refractivity contribution in [3.05, 3.63) is 71.5 Å². The summed E-state index contributed by atoms with van der Waals surface area (Å²) >= 11 is 0. The van der Waals surface area contributed by atoms with Crippen molar-refractivity contribution in [2.24, 2.45) is 5.92 Å². The predicted molar refractivity (Wildman–Crippen MR) is 102 cm³/mol. The van der Waals surface area contributed by atoms with Crippen LogP contribution in [0, 0.1) is 11.7 Å². The Balaban J connectivity index is 1.23. The molecule has 1 aliphatic heterocycles. The molecule has 4 nitrogen and oxygen atoms in total. The van der Waals surface area contributed by atoms with Crippen molar-refractivity contribution in [1.82, 2.24) is 10.2 Å². The highest BCUT2D eigenvalue weighted by Gasteiger charge is 2.43. The number of morpholine rings is 1. The minimum absolute atomic E-state index is 0.000487. The van der Waals surface area contributed by atoms with Crippen LogP contribution in [0.1, 0.15) is 23.5 Å². The van der Waals surface area contributed by atoms with Gasteiger partial charge in [-0.05, 0) is 35.6 Å². The molecule has 0 aromatic heterocycles. The lowest BCUT2D eigenvalue weighted by Gasteiger charge is -2.33. The molecule has 0 radical (unpaired) electrons. The van der Waals surface area contributed by atoms with E-state index in [0.717, 1.165) is 31.6 Å². The van der Waals surface area contributed by atoms with Crippen molar-refractivity contribution < 1.29 is 13.9 Å². The number of amides is 1. The molecule has 2 aromatic rings. The van der Waals surface area contributed by atoms with Crippen LogP contribution in [-0.2, 0) is 16.1 Å². The molecule has 5 heteroatoms. The van der Waals surface area contributed by atoms with E-state index < -0.39 is 0 Å². The van der Waals surface area contributed by atoms with E-state index in [0.29, 0.717) is 13.2 Å². The van der Waals surface area contributed by atoms with Gasteiger partial charge in [0.25, 0.3) is 0 Å². The van der Waals surface area contributed by atoms with Crippen molar-refractivity contribution in [2.45, 2.75) is 25.0 Å². The van der Waals surface area contributed by atoms with E-state index in [1.807, 2.05) is 6.07 Å². The molecular formula is C22H25FN2O2. The third-order valence-electron chi connectivity index (χ3n) is 5.40. The summed E-state index contributed by atoms with van der Waals surface area (Å²) in [4.78, 5) is 14.8. The number of nitrogens with one attached hydrogen (secondary N) is 1. The molecule has 2 aliphatic rings. The Labute approximate surface area is 159 Å². The number of halogens is 1. The van der Waals surface area contributed by atoms with Gasteiger partial charge < -0.3 is 10.1 Å². The smallest absolute Gasteiger partial charge is 0.223 e. The van der Waals surface area contributed by atoms with Crippen molar-refractivity contribution in [1.29, 1.82) is 0 Å². The summed E-state index contributed by atoms with van der Waals surface area (Å²) in [7, 11) is 0. The lowest BCUT2D eigenvalue weighted by Crippen LogP contribution is -2.47. The molecule has 3 unspecified atom stereocenters. The normalized spacial score (nSPS) is 25.1. The third-order valence-corrected chi connectivity index (χ3v) is 5.40. The van der Waals surface area contributed by atoms with Crippen molar-refractivity contribution in [3.8, 4) is 0 Å². The molecule has 0 spiro atoms. The van der Waals surface area contributed by atoms with Gasteiger partial charge >= 0.3 is 0 Å². The average Bonchev–Trinajstić information content (AvgIpc) is 3.49. The van der Waals surface area contributed by atoms with E-state index in [1.165, 1.54) is 17.7 Å². The molecule has 0 bridgehead atoms. The van der Waals surface area contributed by atoms with Crippen molar-refractivity contribution >= 4 is 5.91 Å². The van der Waals surface area contributed by atoms with Gasteiger partial charge in [0.05, 0.1) is 12.7 Å². The standard InChI is InChI=1S/C22H25FN2O2/c23-18-8-6-17(7-9-18)20-12-21(20)22(26)24-13-19-15-25(10-11-27-19)14-16-4-2-1-3-5-16/h1-9,19-21H,10-15H2,(H,24,26). The molecule has 1 saturated carbocycles. The summed E-state index contributed by atoms with van der Waals surface area (Å²) in [6, 6.07) is 16.9. The van der Waals surface area contributed by atoms with Crippen LogP contribution in [0.25, 0.3) is 0 Å². The first-order valence-corrected chi connectivity index (χ1v) is 9.60. The van der Waals surface area contributed by atoms with E-state index >= 15 is 0 Å². The zero-order valence-electron chi connectivity index (χ0n) is 15.3. The van der Waals surface area contributed by atoms with Gasteiger partial charge in [-0.1, -0.05) is 42.5 Å². The SMILES string of the molecule is O=C(NCC1CN(Cc2ccccc2)CCO1)C1CC1c1ccc(F)cc1. The number of nitrogens with zero attached hydrogens (tertiary/aromatic N) is 1. The second kappa shape index (κ2) is 8.19. The minimum Gasteiger partial charge on any atom is -0.374 e. The first kappa shape index (κ1) is 18.1. The molecule has 3 atom stereocenters. The molecule has 142 valence electrons. The predicted octanol–water partition coefficient (Wildman–Crippen LogP) is 2.95. The van der Waals surface area contributed by atoms with Crippen LogP contribution >= 0.6 is 0 Å². The Morgan fingerprint density at radius 2 is 1.93 bits per heavy atom. The van der Waals surface area contributed by atoms with E-state index in [-0.39, 0.29) is 29.7 Å². The number of hydrogen-bond acceptors (Lipinski definition) is 3. The van der Waals surface area contributed by atoms with E-state index in [1.54, 1.807) is 12.1 Å². The largest absolute Gasteiger partial charge is 0.374 e. The maximum atomic E-state index is 13.0. The quantitative estimate of drug-likeness (QED) is 0.852. The summed E-state index contributed by atoms with van der Waals surface area (Å²) < 4.78 is 18.8. The summed E-state index contributed by atoms with van der Waals surface area (Å²) in [6.07, 6.45) is 0.859. The number of rotatable bonds is 6. The van der Waals surface area contributed by atoms with Gasteiger partial charge in [0, 0.05) is 32.1 Å². The second-order valence-electron chi connectivity index (χ2n) is 7.46. The van der Waals surface area contributed by atoms with Gasteiger partial charge in [0.1, 0.15) is 5.82 Å². The molecule has 27 heavy (non-hydrogen) atoms. The van der Waals surface area contributed by atoms with Crippen LogP contribution in [0.3, 0.4) is 0 Å². The molecule has 1 heterocycles. The zero-order chi connectivity index (χ0) is 18.6. The van der Waals surface area contributed by atoms with Gasteiger partial charge in [0.2, 0.25) is 5.91 Å². The van der Waals surface area contributed by atoms with E-state index in [2.05, 4.69) is 34.5 Å². The van der Waals surface area contributed by atoms with Crippen LogP contribution in [0.4, 0.5) is 4.39 Å². The average molecular weight is 368 g/mol. The maximum absolute atomic E-state index is 13.0. The van der Waals surface area contributed by atoms with E-state index in [4.69, 9.17) is 4.74 Å². The van der Waals surface area contributed by atoms with Crippen LogP contribution in [-0.4, -0.2) is 43.2 Å². The van der Waals surface area contributed by atoms with Crippen molar-refractivity contribution in [2.75, 3.05) is 26.2 Å². The Kier molecular flexibility index (Phi) is 5.50. The van der Waals surface area contributed by atoms with Gasteiger partial charge in [-0.15, -0.1) is 0 Å². The molecule has 1 saturated heterocycles. The highest BCUT2D eigenvalue weighted by atomic mass is 19.1. The van der Waals surface area contributed by atoms with Gasteiger partial charge in [0.15, 0.2) is 0 Å². The second-order valence-corrected chi connectivity index (χ2v) is 7.46. The maximum Gasteiger partial charge on any atom is 0.223 e. The lowest BCUT2D eigenvalue weighted by molar-refractivity contribution is -0.123. The number of carbonyl (C=O) groups is 1. The fourth-order valence-electron chi connectivity index (χ4n) is 3.80. The highest BCUT2D eigenvalue weighted by molar-refractivity contribution is 5.82. The lowest BCUT2D eigenvalue weighted by atomic mass is 10.1. The minimum atomic E-state index is -0.241. The summed E-state index contributed by atoms with van der Waals surface area (Å²) in [5.74, 6) is 0.0509. The summed E-state index contributed by atoms with van der Waals surface area (Å²) in [5, 5.41) is 3.05. The van der Waals surface area contributed by atoms with Crippen LogP contribution < -0.4 is 5.32 Å². The van der Waals surface area contributed by atoms with E-state index in [9.17, 15) is 9.18 Å². The molecule has 1 aliphatic carbocycles. The highest BCUT2D eigenvalue weighted by Crippen LogP contribution is 2.47. The Morgan fingerprint density at radius 1 is 1.15 bits per heavy atom. The molecule has 4 rings (SSSR count). The molecule has 2 fully saturated rings. The van der Waals surface area contributed by atoms with Gasteiger partial charge in [-0.2, -0.15) is 0 Å². The fourth-order valence-corrected chi connectivity index (χ4v) is 3.80. The molecular weight excluding hydrogens is 343 g/mol. The Morgan fingerprint density at radius 3 is 2.70 bits per heavy atom. The zero-order valence-corrected chi connectivity index (χ0v) is 15.3. The third kappa shape index (κ3) is 4.73. The van der Waals surface area contributed by atoms with Crippen LogP contribution in [0.15, 0.2) is 54.6 Å². The topological polar surface area (TPSA) is 41.6 Å². The van der Waals surface area contributed by atoms with Crippen LogP contribution in [0.2, 0.25) is 0 Å². The molecule has 2 aromatic carbocycles. The van der Waals surface area contributed by atoms with Crippen molar-refractivity contribution in [3.63, 3.8) is 0 Å². The van der Waals surface area contributed by atoms with Gasteiger partial charge in [-0.25, -0.2) is 4.39 Å². The number of ether oxygens (including phenoxy) is 1. The van der Waals surface area contributed by atoms with Crippen LogP contribution in [0.5, 0.6) is 0 Å². The summed E-state index contributed by atoms with van der Waals surface area (Å²) in [6.45, 7) is 3.87. The molecule has 1 amide bonds. The first-order chi connectivity index (χ1) is 13.2. The fraction of sp³-hybridized carbons (Fsp3) is 0.409. The number of benzene rings is 2. The number of carbonyl (C=O) groups excluding carboxylic acids is 1. The monoisotopic (exact) mass is 368 g/mol. The Hall–Kier alpha value is -2.24. The first-order valence-electron chi connectivity index (χ1n) is 9.60. The molecule has 1 N–H and O–H groups in total.